The number of hydrogen-bond acceptors (Lipinski definition) is 6. The van der Waals surface area contributed by atoms with Gasteiger partial charge in [0.2, 0.25) is 12.7 Å². The maximum Gasteiger partial charge on any atom is 0.247 e. The first-order chi connectivity index (χ1) is 15.7. The molecule has 0 radical (unpaired) electrons. The first-order valence-electron chi connectivity index (χ1n) is 10.3. The molecule has 7 heteroatoms. The third-order valence-corrected chi connectivity index (χ3v) is 6.71. The summed E-state index contributed by atoms with van der Waals surface area (Å²) in [6.45, 7) is 0.848. The lowest BCUT2D eigenvalue weighted by molar-refractivity contribution is -0.127. The van der Waals surface area contributed by atoms with Gasteiger partial charge in [-0.1, -0.05) is 12.1 Å². The number of rotatable bonds is 5. The zero-order valence-electron chi connectivity index (χ0n) is 17.9. The summed E-state index contributed by atoms with van der Waals surface area (Å²) in [6, 6.07) is 13.6. The second-order valence-corrected chi connectivity index (χ2v) is 8.53. The van der Waals surface area contributed by atoms with E-state index in [1.807, 2.05) is 52.8 Å². The summed E-state index contributed by atoms with van der Waals surface area (Å²) >= 11 is 1.65. The number of benzene rings is 2. The quantitative estimate of drug-likeness (QED) is 0.530. The molecule has 0 bridgehead atoms. The maximum absolute atomic E-state index is 13.3. The number of nitrogens with zero attached hydrogens (tertiary/aromatic N) is 1. The van der Waals surface area contributed by atoms with E-state index in [1.165, 1.54) is 5.56 Å². The topological polar surface area (TPSA) is 57.2 Å². The first-order valence-corrected chi connectivity index (χ1v) is 11.2. The lowest BCUT2D eigenvalue weighted by atomic mass is 9.90. The van der Waals surface area contributed by atoms with Crippen molar-refractivity contribution in [1.82, 2.24) is 4.90 Å². The fourth-order valence-electron chi connectivity index (χ4n) is 4.22. The van der Waals surface area contributed by atoms with Crippen molar-refractivity contribution in [2.24, 2.45) is 0 Å². The summed E-state index contributed by atoms with van der Waals surface area (Å²) in [7, 11) is 3.27. The number of amides is 1. The summed E-state index contributed by atoms with van der Waals surface area (Å²) in [6.07, 6.45) is 4.20. The maximum atomic E-state index is 13.3. The molecule has 0 unspecified atom stereocenters. The molecule has 0 saturated carbocycles. The number of hydrogen-bond donors (Lipinski definition) is 0. The van der Waals surface area contributed by atoms with Gasteiger partial charge in [0.15, 0.2) is 23.0 Å². The van der Waals surface area contributed by atoms with Crippen molar-refractivity contribution in [1.29, 1.82) is 0 Å². The molecule has 2 aromatic carbocycles. The molecule has 1 atom stereocenters. The van der Waals surface area contributed by atoms with E-state index in [4.69, 9.17) is 18.9 Å². The molecule has 1 aromatic heterocycles. The molecule has 0 saturated heterocycles. The molecule has 0 aliphatic carbocycles. The van der Waals surface area contributed by atoms with Gasteiger partial charge in [0.1, 0.15) is 0 Å². The highest BCUT2D eigenvalue weighted by molar-refractivity contribution is 7.10. The van der Waals surface area contributed by atoms with Crippen LogP contribution < -0.4 is 18.9 Å². The van der Waals surface area contributed by atoms with Crippen LogP contribution in [0.1, 0.15) is 27.6 Å². The highest BCUT2D eigenvalue weighted by atomic mass is 32.1. The molecular weight excluding hydrogens is 426 g/mol. The summed E-state index contributed by atoms with van der Waals surface area (Å²) in [4.78, 5) is 16.4. The number of thiophene rings is 1. The van der Waals surface area contributed by atoms with Gasteiger partial charge in [-0.2, -0.15) is 0 Å². The normalized spacial score (nSPS) is 16.8. The van der Waals surface area contributed by atoms with E-state index >= 15 is 0 Å². The van der Waals surface area contributed by atoms with Gasteiger partial charge in [0, 0.05) is 17.5 Å². The van der Waals surface area contributed by atoms with E-state index in [-0.39, 0.29) is 18.7 Å². The summed E-state index contributed by atoms with van der Waals surface area (Å²) in [5.74, 6) is 2.76. The van der Waals surface area contributed by atoms with E-state index < -0.39 is 0 Å². The minimum atomic E-state index is -0.174. The Morgan fingerprint density at radius 3 is 2.69 bits per heavy atom. The number of fused-ring (bicyclic) bond motifs is 2. The van der Waals surface area contributed by atoms with Crippen molar-refractivity contribution in [3.63, 3.8) is 0 Å². The standard InChI is InChI=1S/C25H23NO5S/c1-28-20-13-17-9-10-26(25(23-4-3-11-32-23)18(17)14-21(20)29-2)24(27)8-6-16-5-7-19-22(12-16)31-15-30-19/h3-8,11-14,25H,9-10,15H2,1-2H3/b8-6+/t25-/m1/s1. The van der Waals surface area contributed by atoms with Crippen LogP contribution in [-0.4, -0.2) is 38.4 Å². The molecule has 3 aromatic rings. The highest BCUT2D eigenvalue weighted by Crippen LogP contribution is 2.42. The monoisotopic (exact) mass is 449 g/mol. The Labute approximate surface area is 190 Å². The Morgan fingerprint density at radius 1 is 1.09 bits per heavy atom. The van der Waals surface area contributed by atoms with Crippen LogP contribution in [0.15, 0.2) is 53.9 Å². The number of carbonyl (C=O) groups is 1. The van der Waals surface area contributed by atoms with Crippen LogP contribution in [-0.2, 0) is 11.2 Å². The molecule has 0 fully saturated rings. The van der Waals surface area contributed by atoms with E-state index in [2.05, 4.69) is 6.07 Å². The van der Waals surface area contributed by atoms with Crippen molar-refractivity contribution in [3.05, 3.63) is 75.5 Å². The van der Waals surface area contributed by atoms with Crippen molar-refractivity contribution in [2.75, 3.05) is 27.6 Å². The van der Waals surface area contributed by atoms with Crippen molar-refractivity contribution in [3.8, 4) is 23.0 Å². The predicted octanol–water partition coefficient (Wildman–Crippen LogP) is 4.68. The molecule has 1 amide bonds. The fourth-order valence-corrected chi connectivity index (χ4v) is 5.07. The number of ether oxygens (including phenoxy) is 4. The smallest absolute Gasteiger partial charge is 0.247 e. The third-order valence-electron chi connectivity index (χ3n) is 5.78. The van der Waals surface area contributed by atoms with Crippen molar-refractivity contribution >= 4 is 23.3 Å². The van der Waals surface area contributed by atoms with Crippen LogP contribution in [0.4, 0.5) is 0 Å². The Balaban J connectivity index is 1.47. The molecular formula is C25H23NO5S. The Morgan fingerprint density at radius 2 is 1.91 bits per heavy atom. The van der Waals surface area contributed by atoms with Gasteiger partial charge >= 0.3 is 0 Å². The van der Waals surface area contributed by atoms with Gasteiger partial charge in [0.05, 0.1) is 20.3 Å². The van der Waals surface area contributed by atoms with Gasteiger partial charge in [-0.15, -0.1) is 11.3 Å². The van der Waals surface area contributed by atoms with E-state index in [0.29, 0.717) is 23.8 Å². The Bertz CT molecular complexity index is 1170. The molecule has 164 valence electrons. The van der Waals surface area contributed by atoms with E-state index in [0.717, 1.165) is 28.2 Å². The molecule has 0 N–H and O–H groups in total. The second kappa shape index (κ2) is 8.59. The van der Waals surface area contributed by atoms with Crippen molar-refractivity contribution in [2.45, 2.75) is 12.5 Å². The molecule has 0 spiro atoms. The first kappa shape index (κ1) is 20.5. The second-order valence-electron chi connectivity index (χ2n) is 7.55. The molecule has 6 nitrogen and oxygen atoms in total. The van der Waals surface area contributed by atoms with Gasteiger partial charge in [0.25, 0.3) is 0 Å². The van der Waals surface area contributed by atoms with Gasteiger partial charge in [-0.3, -0.25) is 4.79 Å². The lowest BCUT2D eigenvalue weighted by Gasteiger charge is -2.37. The average molecular weight is 450 g/mol. The highest BCUT2D eigenvalue weighted by Gasteiger charge is 2.33. The minimum Gasteiger partial charge on any atom is -0.493 e. The van der Waals surface area contributed by atoms with Crippen LogP contribution >= 0.6 is 11.3 Å². The SMILES string of the molecule is COc1cc2c(cc1OC)[C@H](c1cccs1)N(C(=O)/C=C/c1ccc3c(c1)OCO3)CC2. The predicted molar refractivity (Wildman–Crippen MR) is 123 cm³/mol. The summed E-state index contributed by atoms with van der Waals surface area (Å²) < 4.78 is 21.8. The van der Waals surface area contributed by atoms with E-state index in [9.17, 15) is 4.79 Å². The van der Waals surface area contributed by atoms with Gasteiger partial charge in [-0.25, -0.2) is 0 Å². The van der Waals surface area contributed by atoms with Gasteiger partial charge < -0.3 is 23.8 Å². The molecule has 3 heterocycles. The average Bonchev–Trinajstić information content (AvgIpc) is 3.52. The van der Waals surface area contributed by atoms with Crippen molar-refractivity contribution < 1.29 is 23.7 Å². The Kier molecular flexibility index (Phi) is 5.49. The zero-order chi connectivity index (χ0) is 22.1. The lowest BCUT2D eigenvalue weighted by Crippen LogP contribution is -2.39. The van der Waals surface area contributed by atoms with Gasteiger partial charge in [-0.05, 0) is 64.9 Å². The van der Waals surface area contributed by atoms with E-state index in [1.54, 1.807) is 31.6 Å². The number of carbonyl (C=O) groups excluding carboxylic acids is 1. The molecule has 2 aliphatic rings. The third kappa shape index (κ3) is 3.69. The summed E-state index contributed by atoms with van der Waals surface area (Å²) in [5, 5.41) is 2.04. The van der Waals surface area contributed by atoms with Crippen LogP contribution in [0.5, 0.6) is 23.0 Å². The molecule has 32 heavy (non-hydrogen) atoms. The minimum absolute atomic E-state index is 0.0403. The van der Waals surface area contributed by atoms with Crippen LogP contribution in [0.3, 0.4) is 0 Å². The van der Waals surface area contributed by atoms with Crippen LogP contribution in [0.25, 0.3) is 6.08 Å². The summed E-state index contributed by atoms with van der Waals surface area (Å²) in [5.41, 5.74) is 3.13. The zero-order valence-corrected chi connectivity index (χ0v) is 18.7. The molecule has 5 rings (SSSR count). The molecule has 2 aliphatic heterocycles. The van der Waals surface area contributed by atoms with Crippen LogP contribution in [0.2, 0.25) is 0 Å². The van der Waals surface area contributed by atoms with Crippen LogP contribution in [0, 0.1) is 0 Å². The Hall–Kier alpha value is -3.45. The number of methoxy groups -OCH3 is 2. The fraction of sp³-hybridized carbons (Fsp3) is 0.240. The largest absolute Gasteiger partial charge is 0.493 e.